The van der Waals surface area contributed by atoms with E-state index in [1.807, 2.05) is 18.2 Å². The molecule has 3 aromatic rings. The molecule has 0 aliphatic heterocycles. The SMILES string of the molecule is C#CCOc1ccc2ncnc(-c3ccc(C(C)C)cc3)c2c1.CCOC=O. The van der Waals surface area contributed by atoms with E-state index in [1.54, 1.807) is 13.3 Å². The summed E-state index contributed by atoms with van der Waals surface area (Å²) in [4.78, 5) is 18.0. The van der Waals surface area contributed by atoms with Gasteiger partial charge in [-0.1, -0.05) is 44.0 Å². The van der Waals surface area contributed by atoms with Gasteiger partial charge in [-0.25, -0.2) is 9.97 Å². The molecule has 0 bridgehead atoms. The molecule has 0 amide bonds. The minimum absolute atomic E-state index is 0.248. The fraction of sp³-hybridized carbons (Fsp3) is 0.261. The van der Waals surface area contributed by atoms with Gasteiger partial charge in [-0.15, -0.1) is 6.42 Å². The maximum Gasteiger partial charge on any atom is 0.293 e. The lowest BCUT2D eigenvalue weighted by Gasteiger charge is -2.09. The van der Waals surface area contributed by atoms with Gasteiger partial charge < -0.3 is 9.47 Å². The fourth-order valence-electron chi connectivity index (χ4n) is 2.57. The first-order valence-corrected chi connectivity index (χ1v) is 9.07. The summed E-state index contributed by atoms with van der Waals surface area (Å²) in [5.41, 5.74) is 4.16. The molecular formula is C23H24N2O3. The number of hydrogen-bond donors (Lipinski definition) is 0. The molecule has 0 radical (unpaired) electrons. The Hall–Kier alpha value is -3.39. The van der Waals surface area contributed by atoms with Crippen molar-refractivity contribution in [1.82, 2.24) is 9.97 Å². The second-order valence-corrected chi connectivity index (χ2v) is 6.22. The number of terminal acetylenes is 1. The van der Waals surface area contributed by atoms with Gasteiger partial charge in [0.15, 0.2) is 0 Å². The Bertz CT molecular complexity index is 944. The van der Waals surface area contributed by atoms with E-state index in [1.165, 1.54) is 5.56 Å². The van der Waals surface area contributed by atoms with Gasteiger partial charge in [0.25, 0.3) is 6.47 Å². The lowest BCUT2D eigenvalue weighted by Crippen LogP contribution is -1.95. The van der Waals surface area contributed by atoms with E-state index in [0.29, 0.717) is 19.0 Å². The predicted molar refractivity (Wildman–Crippen MR) is 111 cm³/mol. The van der Waals surface area contributed by atoms with Gasteiger partial charge in [0, 0.05) is 10.9 Å². The van der Waals surface area contributed by atoms with Crippen LogP contribution in [0.4, 0.5) is 0 Å². The van der Waals surface area contributed by atoms with E-state index in [0.717, 1.165) is 27.9 Å². The Morgan fingerprint density at radius 3 is 2.46 bits per heavy atom. The predicted octanol–water partition coefficient (Wildman–Crippen LogP) is 4.61. The highest BCUT2D eigenvalue weighted by molar-refractivity contribution is 5.92. The number of benzene rings is 2. The van der Waals surface area contributed by atoms with Crippen LogP contribution in [0.3, 0.4) is 0 Å². The molecule has 0 saturated carbocycles. The first-order chi connectivity index (χ1) is 13.6. The van der Waals surface area contributed by atoms with Crippen molar-refractivity contribution >= 4 is 17.4 Å². The summed E-state index contributed by atoms with van der Waals surface area (Å²) in [5, 5.41) is 0.958. The lowest BCUT2D eigenvalue weighted by atomic mass is 9.99. The quantitative estimate of drug-likeness (QED) is 0.464. The molecule has 0 N–H and O–H groups in total. The van der Waals surface area contributed by atoms with Crippen LogP contribution in [0.2, 0.25) is 0 Å². The average Bonchev–Trinajstić information content (AvgIpc) is 2.73. The molecule has 0 unspecified atom stereocenters. The standard InChI is InChI=1S/C20H18N2O.C3H6O2/c1-4-11-23-17-9-10-19-18(12-17)20(22-13-21-19)16-7-5-15(6-8-16)14(2)3;1-2-5-3-4/h1,5-10,12-14H,11H2,2-3H3;3H,2H2,1H3. The number of rotatable bonds is 6. The van der Waals surface area contributed by atoms with Gasteiger partial charge >= 0.3 is 0 Å². The lowest BCUT2D eigenvalue weighted by molar-refractivity contribution is -0.128. The first-order valence-electron chi connectivity index (χ1n) is 9.07. The van der Waals surface area contributed by atoms with Crippen molar-refractivity contribution in [3.63, 3.8) is 0 Å². The van der Waals surface area contributed by atoms with E-state index in [4.69, 9.17) is 11.2 Å². The van der Waals surface area contributed by atoms with Crippen molar-refractivity contribution in [2.75, 3.05) is 13.2 Å². The van der Waals surface area contributed by atoms with Crippen LogP contribution in [-0.2, 0) is 9.53 Å². The second kappa shape index (κ2) is 10.7. The van der Waals surface area contributed by atoms with Crippen molar-refractivity contribution in [3.05, 3.63) is 54.4 Å². The van der Waals surface area contributed by atoms with E-state index in [9.17, 15) is 4.79 Å². The number of ether oxygens (including phenoxy) is 2. The van der Waals surface area contributed by atoms with Gasteiger partial charge in [0.2, 0.25) is 0 Å². The largest absolute Gasteiger partial charge is 0.481 e. The third-order valence-electron chi connectivity index (χ3n) is 4.01. The summed E-state index contributed by atoms with van der Waals surface area (Å²) >= 11 is 0. The molecule has 1 aromatic heterocycles. The smallest absolute Gasteiger partial charge is 0.293 e. The van der Waals surface area contributed by atoms with E-state index in [-0.39, 0.29) is 6.61 Å². The van der Waals surface area contributed by atoms with Crippen LogP contribution >= 0.6 is 0 Å². The summed E-state index contributed by atoms with van der Waals surface area (Å²) in [5.74, 6) is 3.71. The third-order valence-corrected chi connectivity index (χ3v) is 4.01. The molecule has 0 fully saturated rings. The van der Waals surface area contributed by atoms with E-state index >= 15 is 0 Å². The maximum absolute atomic E-state index is 9.18. The molecule has 0 saturated heterocycles. The molecule has 5 nitrogen and oxygen atoms in total. The number of aromatic nitrogens is 2. The topological polar surface area (TPSA) is 61.3 Å². The van der Waals surface area contributed by atoms with Gasteiger partial charge in [-0.3, -0.25) is 4.79 Å². The second-order valence-electron chi connectivity index (χ2n) is 6.22. The molecule has 3 rings (SSSR count). The van der Waals surface area contributed by atoms with Gasteiger partial charge in [-0.05, 0) is 36.6 Å². The molecule has 0 aliphatic carbocycles. The van der Waals surface area contributed by atoms with Crippen molar-refractivity contribution in [2.24, 2.45) is 0 Å². The van der Waals surface area contributed by atoms with Gasteiger partial charge in [0.05, 0.1) is 17.8 Å². The molecule has 0 spiro atoms. The Kier molecular flexibility index (Phi) is 7.98. The van der Waals surface area contributed by atoms with Crippen molar-refractivity contribution in [2.45, 2.75) is 26.7 Å². The Labute approximate surface area is 165 Å². The summed E-state index contributed by atoms with van der Waals surface area (Å²) in [6.45, 7) is 7.28. The number of hydrogen-bond acceptors (Lipinski definition) is 5. The molecule has 28 heavy (non-hydrogen) atoms. The van der Waals surface area contributed by atoms with Crippen LogP contribution in [0.5, 0.6) is 5.75 Å². The normalized spacial score (nSPS) is 9.96. The Balaban J connectivity index is 0.000000500. The van der Waals surface area contributed by atoms with Gasteiger partial charge in [-0.2, -0.15) is 0 Å². The third kappa shape index (κ3) is 5.55. The van der Waals surface area contributed by atoms with E-state index in [2.05, 4.69) is 58.7 Å². The molecule has 144 valence electrons. The highest BCUT2D eigenvalue weighted by Gasteiger charge is 2.08. The molecule has 5 heteroatoms. The fourth-order valence-corrected chi connectivity index (χ4v) is 2.57. The van der Waals surface area contributed by atoms with Crippen molar-refractivity contribution in [1.29, 1.82) is 0 Å². The number of fused-ring (bicyclic) bond motifs is 1. The molecule has 2 aromatic carbocycles. The summed E-state index contributed by atoms with van der Waals surface area (Å²) < 4.78 is 9.67. The van der Waals surface area contributed by atoms with E-state index < -0.39 is 0 Å². The minimum atomic E-state index is 0.248. The molecule has 0 atom stereocenters. The summed E-state index contributed by atoms with van der Waals surface area (Å²) in [6.07, 6.45) is 6.84. The molecule has 1 heterocycles. The zero-order chi connectivity index (χ0) is 20.4. The Morgan fingerprint density at radius 1 is 1.14 bits per heavy atom. The Morgan fingerprint density at radius 2 is 1.89 bits per heavy atom. The zero-order valence-electron chi connectivity index (χ0n) is 16.4. The molecule has 0 aliphatic rings. The zero-order valence-corrected chi connectivity index (χ0v) is 16.4. The molecular weight excluding hydrogens is 352 g/mol. The maximum atomic E-state index is 9.18. The monoisotopic (exact) mass is 376 g/mol. The number of carbonyl (C=O) groups is 1. The highest BCUT2D eigenvalue weighted by Crippen LogP contribution is 2.29. The van der Waals surface area contributed by atoms with Crippen LogP contribution in [-0.4, -0.2) is 29.7 Å². The summed E-state index contributed by atoms with van der Waals surface area (Å²) in [7, 11) is 0. The van der Waals surface area contributed by atoms with Crippen LogP contribution in [0.15, 0.2) is 48.8 Å². The minimum Gasteiger partial charge on any atom is -0.481 e. The number of nitrogens with zero attached hydrogens (tertiary/aromatic N) is 2. The van der Waals surface area contributed by atoms with Crippen molar-refractivity contribution in [3.8, 4) is 29.4 Å². The van der Waals surface area contributed by atoms with Crippen molar-refractivity contribution < 1.29 is 14.3 Å². The van der Waals surface area contributed by atoms with Crippen LogP contribution < -0.4 is 4.74 Å². The van der Waals surface area contributed by atoms with Gasteiger partial charge in [0.1, 0.15) is 18.7 Å². The first kappa shape index (κ1) is 20.9. The highest BCUT2D eigenvalue weighted by atomic mass is 16.5. The van der Waals surface area contributed by atoms with Crippen LogP contribution in [0, 0.1) is 12.3 Å². The average molecular weight is 376 g/mol. The summed E-state index contributed by atoms with van der Waals surface area (Å²) in [6, 6.07) is 14.2. The number of carbonyl (C=O) groups excluding carboxylic acids is 1. The van der Waals surface area contributed by atoms with Crippen LogP contribution in [0.25, 0.3) is 22.2 Å². The van der Waals surface area contributed by atoms with Crippen LogP contribution in [0.1, 0.15) is 32.3 Å².